The fraction of sp³-hybridized carbons (Fsp3) is 0.562. The highest BCUT2D eigenvalue weighted by Gasteiger charge is 2.23. The van der Waals surface area contributed by atoms with E-state index in [1.54, 1.807) is 12.5 Å². The van der Waals surface area contributed by atoms with Crippen molar-refractivity contribution in [3.63, 3.8) is 0 Å². The number of piperidine rings is 1. The predicted molar refractivity (Wildman–Crippen MR) is 82.5 cm³/mol. The fourth-order valence-corrected chi connectivity index (χ4v) is 3.32. The fourth-order valence-electron chi connectivity index (χ4n) is 3.32. The first-order valence-corrected chi connectivity index (χ1v) is 8.09. The molecular weight excluding hydrogens is 278 g/mol. The molecule has 4 rings (SSSR count). The molecule has 1 aliphatic carbocycles. The van der Waals surface area contributed by atoms with E-state index >= 15 is 0 Å². The molecule has 22 heavy (non-hydrogen) atoms. The SMILES string of the molecule is c1cc(NC2CCN(Cc3nc4c(o3)CCC4)CC2)ncn1. The van der Waals surface area contributed by atoms with Crippen molar-refractivity contribution in [2.24, 2.45) is 0 Å². The van der Waals surface area contributed by atoms with Crippen molar-refractivity contribution in [2.45, 2.75) is 44.7 Å². The van der Waals surface area contributed by atoms with Gasteiger partial charge in [0.1, 0.15) is 17.9 Å². The lowest BCUT2D eigenvalue weighted by atomic mass is 10.1. The molecule has 0 atom stereocenters. The normalized spacial score (nSPS) is 19.3. The van der Waals surface area contributed by atoms with Crippen LogP contribution in [0.1, 0.15) is 36.6 Å². The van der Waals surface area contributed by atoms with Gasteiger partial charge in [-0.1, -0.05) is 0 Å². The Balaban J connectivity index is 1.28. The first-order chi connectivity index (χ1) is 10.9. The van der Waals surface area contributed by atoms with Crippen molar-refractivity contribution in [1.29, 1.82) is 0 Å². The summed E-state index contributed by atoms with van der Waals surface area (Å²) in [5.41, 5.74) is 1.19. The van der Waals surface area contributed by atoms with Gasteiger partial charge in [-0.3, -0.25) is 4.90 Å². The number of hydrogen-bond donors (Lipinski definition) is 1. The zero-order chi connectivity index (χ0) is 14.8. The van der Waals surface area contributed by atoms with Crippen molar-refractivity contribution in [1.82, 2.24) is 19.9 Å². The van der Waals surface area contributed by atoms with Crippen molar-refractivity contribution < 1.29 is 4.42 Å². The third-order valence-electron chi connectivity index (χ3n) is 4.52. The van der Waals surface area contributed by atoms with Crippen molar-refractivity contribution in [2.75, 3.05) is 18.4 Å². The molecule has 2 aliphatic rings. The maximum absolute atomic E-state index is 5.87. The summed E-state index contributed by atoms with van der Waals surface area (Å²) in [6.45, 7) is 2.97. The van der Waals surface area contributed by atoms with Crippen LogP contribution in [0.4, 0.5) is 5.82 Å². The van der Waals surface area contributed by atoms with Crippen molar-refractivity contribution in [3.05, 3.63) is 35.9 Å². The summed E-state index contributed by atoms with van der Waals surface area (Å²) >= 11 is 0. The molecular formula is C16H21N5O. The lowest BCUT2D eigenvalue weighted by Crippen LogP contribution is -2.38. The second kappa shape index (κ2) is 6.04. The number of fused-ring (bicyclic) bond motifs is 1. The second-order valence-electron chi connectivity index (χ2n) is 6.12. The van der Waals surface area contributed by atoms with E-state index in [1.165, 1.54) is 12.1 Å². The summed E-state index contributed by atoms with van der Waals surface area (Å²) in [6.07, 6.45) is 8.93. The lowest BCUT2D eigenvalue weighted by molar-refractivity contribution is 0.192. The molecule has 1 fully saturated rings. The van der Waals surface area contributed by atoms with Gasteiger partial charge in [0.2, 0.25) is 5.89 Å². The average Bonchev–Trinajstić information content (AvgIpc) is 3.12. The standard InChI is InChI=1S/C16H21N5O/c1-2-13-14(3-1)22-16(20-13)10-21-8-5-12(6-9-21)19-15-4-7-17-11-18-15/h4,7,11-12H,1-3,5-6,8-10H2,(H,17,18,19). The van der Waals surface area contributed by atoms with E-state index in [0.29, 0.717) is 6.04 Å². The largest absolute Gasteiger partial charge is 0.444 e. The second-order valence-corrected chi connectivity index (χ2v) is 6.12. The number of anilines is 1. The number of hydrogen-bond acceptors (Lipinski definition) is 6. The molecule has 2 aromatic rings. The average molecular weight is 299 g/mol. The summed E-state index contributed by atoms with van der Waals surface area (Å²) in [5.74, 6) is 2.93. The molecule has 0 bridgehead atoms. The summed E-state index contributed by atoms with van der Waals surface area (Å²) in [4.78, 5) is 15.2. The van der Waals surface area contributed by atoms with Crippen LogP contribution in [-0.2, 0) is 19.4 Å². The van der Waals surface area contributed by atoms with Gasteiger partial charge in [-0.25, -0.2) is 15.0 Å². The Hall–Kier alpha value is -1.95. The number of aryl methyl sites for hydroxylation is 2. The molecule has 1 saturated heterocycles. The molecule has 0 amide bonds. The van der Waals surface area contributed by atoms with E-state index < -0.39 is 0 Å². The Labute approximate surface area is 130 Å². The molecule has 0 unspecified atom stereocenters. The maximum atomic E-state index is 5.87. The van der Waals surface area contributed by atoms with Crippen LogP contribution in [0.25, 0.3) is 0 Å². The number of aromatic nitrogens is 3. The van der Waals surface area contributed by atoms with E-state index in [9.17, 15) is 0 Å². The first-order valence-electron chi connectivity index (χ1n) is 8.09. The van der Waals surface area contributed by atoms with Gasteiger partial charge in [0, 0.05) is 31.7 Å². The first kappa shape index (κ1) is 13.7. The third-order valence-corrected chi connectivity index (χ3v) is 4.52. The number of nitrogens with one attached hydrogen (secondary N) is 1. The summed E-state index contributed by atoms with van der Waals surface area (Å²) in [5, 5.41) is 3.48. The molecule has 0 spiro atoms. The van der Waals surface area contributed by atoms with Gasteiger partial charge in [0.15, 0.2) is 0 Å². The number of rotatable bonds is 4. The minimum absolute atomic E-state index is 0.487. The van der Waals surface area contributed by atoms with Crippen LogP contribution in [0.5, 0.6) is 0 Å². The Kier molecular flexibility index (Phi) is 3.76. The minimum atomic E-state index is 0.487. The van der Waals surface area contributed by atoms with Crippen LogP contribution in [0, 0.1) is 0 Å². The zero-order valence-electron chi connectivity index (χ0n) is 12.7. The van der Waals surface area contributed by atoms with Crippen molar-refractivity contribution in [3.8, 4) is 0 Å². The zero-order valence-corrected chi connectivity index (χ0v) is 12.7. The molecule has 1 N–H and O–H groups in total. The number of nitrogens with zero attached hydrogens (tertiary/aromatic N) is 4. The lowest BCUT2D eigenvalue weighted by Gasteiger charge is -2.31. The molecule has 6 nitrogen and oxygen atoms in total. The van der Waals surface area contributed by atoms with Gasteiger partial charge in [0.05, 0.1) is 12.2 Å². The molecule has 0 saturated carbocycles. The van der Waals surface area contributed by atoms with E-state index in [4.69, 9.17) is 4.42 Å². The summed E-state index contributed by atoms with van der Waals surface area (Å²) < 4.78 is 5.87. The van der Waals surface area contributed by atoms with Gasteiger partial charge < -0.3 is 9.73 Å². The quantitative estimate of drug-likeness (QED) is 0.932. The topological polar surface area (TPSA) is 67.1 Å². The Morgan fingerprint density at radius 2 is 2.18 bits per heavy atom. The van der Waals surface area contributed by atoms with Gasteiger partial charge >= 0.3 is 0 Å². The maximum Gasteiger partial charge on any atom is 0.208 e. The minimum Gasteiger partial charge on any atom is -0.444 e. The van der Waals surface area contributed by atoms with E-state index in [-0.39, 0.29) is 0 Å². The number of oxazole rings is 1. The molecule has 0 aromatic carbocycles. The van der Waals surface area contributed by atoms with Crippen LogP contribution < -0.4 is 5.32 Å². The predicted octanol–water partition coefficient (Wildman–Crippen LogP) is 2.03. The molecule has 0 radical (unpaired) electrons. The summed E-state index contributed by atoms with van der Waals surface area (Å²) in [7, 11) is 0. The van der Waals surface area contributed by atoms with Crippen molar-refractivity contribution >= 4 is 5.82 Å². The van der Waals surface area contributed by atoms with Crippen LogP contribution in [-0.4, -0.2) is 39.0 Å². The third kappa shape index (κ3) is 2.97. The molecule has 1 aliphatic heterocycles. The van der Waals surface area contributed by atoms with Crippen LogP contribution in [0.3, 0.4) is 0 Å². The molecule has 116 valence electrons. The monoisotopic (exact) mass is 299 g/mol. The Bertz CT molecular complexity index is 597. The Morgan fingerprint density at radius 1 is 1.27 bits per heavy atom. The van der Waals surface area contributed by atoms with E-state index in [2.05, 4.69) is 25.2 Å². The van der Waals surface area contributed by atoms with Crippen LogP contribution in [0.2, 0.25) is 0 Å². The smallest absolute Gasteiger partial charge is 0.208 e. The van der Waals surface area contributed by atoms with E-state index in [0.717, 1.165) is 62.8 Å². The van der Waals surface area contributed by atoms with Crippen LogP contribution in [0.15, 0.2) is 23.0 Å². The highest BCUT2D eigenvalue weighted by atomic mass is 16.4. The highest BCUT2D eigenvalue weighted by Crippen LogP contribution is 2.24. The highest BCUT2D eigenvalue weighted by molar-refractivity contribution is 5.33. The van der Waals surface area contributed by atoms with Crippen LogP contribution >= 0.6 is 0 Å². The van der Waals surface area contributed by atoms with Gasteiger partial charge in [-0.05, 0) is 31.7 Å². The van der Waals surface area contributed by atoms with Gasteiger partial charge in [-0.15, -0.1) is 0 Å². The van der Waals surface area contributed by atoms with Gasteiger partial charge in [-0.2, -0.15) is 0 Å². The molecule has 2 aromatic heterocycles. The molecule has 3 heterocycles. The van der Waals surface area contributed by atoms with Gasteiger partial charge in [0.25, 0.3) is 0 Å². The Morgan fingerprint density at radius 3 is 2.95 bits per heavy atom. The summed E-state index contributed by atoms with van der Waals surface area (Å²) in [6, 6.07) is 2.40. The molecule has 6 heteroatoms. The number of likely N-dealkylation sites (tertiary alicyclic amines) is 1. The van der Waals surface area contributed by atoms with E-state index in [1.807, 2.05) is 6.07 Å².